The van der Waals surface area contributed by atoms with E-state index in [9.17, 15) is 18.0 Å². The van der Waals surface area contributed by atoms with Crippen molar-refractivity contribution in [2.75, 3.05) is 0 Å². The van der Waals surface area contributed by atoms with E-state index in [0.29, 0.717) is 5.69 Å². The molecule has 0 aliphatic carbocycles. The zero-order valence-electron chi connectivity index (χ0n) is 12.1. The molecule has 0 atom stereocenters. The van der Waals surface area contributed by atoms with Crippen molar-refractivity contribution in [3.63, 3.8) is 0 Å². The monoisotopic (exact) mass is 333 g/mol. The summed E-state index contributed by atoms with van der Waals surface area (Å²) in [5.41, 5.74) is -0.394. The summed E-state index contributed by atoms with van der Waals surface area (Å²) >= 11 is 0. The highest BCUT2D eigenvalue weighted by Crippen LogP contribution is 2.29. The first-order valence-electron chi connectivity index (χ1n) is 6.80. The standard InChI is InChI=1S/C16H10F3N3O2/c17-16(18,19)12-7-5-11(6-8-12)15(23)24-14-4-2-1-3-13(14)22-20-9-10-21-22/h1-10H. The van der Waals surface area contributed by atoms with Gasteiger partial charge in [-0.25, -0.2) is 4.79 Å². The Balaban J connectivity index is 1.83. The molecule has 3 rings (SSSR count). The number of rotatable bonds is 3. The summed E-state index contributed by atoms with van der Waals surface area (Å²) in [7, 11) is 0. The van der Waals surface area contributed by atoms with Gasteiger partial charge in [0, 0.05) is 0 Å². The first kappa shape index (κ1) is 15.7. The van der Waals surface area contributed by atoms with Crippen LogP contribution in [0.3, 0.4) is 0 Å². The van der Waals surface area contributed by atoms with Crippen molar-refractivity contribution in [1.29, 1.82) is 0 Å². The lowest BCUT2D eigenvalue weighted by molar-refractivity contribution is -0.137. The van der Waals surface area contributed by atoms with Crippen LogP contribution in [0.4, 0.5) is 13.2 Å². The van der Waals surface area contributed by atoms with E-state index < -0.39 is 17.7 Å². The molecule has 0 aliphatic rings. The Morgan fingerprint density at radius 1 is 0.958 bits per heavy atom. The fourth-order valence-corrected chi connectivity index (χ4v) is 2.00. The van der Waals surface area contributed by atoms with E-state index in [1.165, 1.54) is 17.2 Å². The number of hydrogen-bond donors (Lipinski definition) is 0. The topological polar surface area (TPSA) is 57.0 Å². The predicted molar refractivity (Wildman–Crippen MR) is 77.8 cm³/mol. The molecule has 3 aromatic rings. The molecule has 0 fully saturated rings. The molecule has 2 aromatic carbocycles. The Labute approximate surface area is 134 Å². The van der Waals surface area contributed by atoms with Crippen molar-refractivity contribution in [3.05, 3.63) is 72.1 Å². The second-order valence-electron chi connectivity index (χ2n) is 4.75. The van der Waals surface area contributed by atoms with Gasteiger partial charge in [0.15, 0.2) is 5.75 Å². The number of alkyl halides is 3. The maximum Gasteiger partial charge on any atom is 0.416 e. The van der Waals surface area contributed by atoms with Crippen LogP contribution in [0.15, 0.2) is 60.9 Å². The number of para-hydroxylation sites is 2. The molecule has 0 unspecified atom stereocenters. The van der Waals surface area contributed by atoms with Crippen molar-refractivity contribution in [2.45, 2.75) is 6.18 Å². The van der Waals surface area contributed by atoms with Crippen molar-refractivity contribution in [3.8, 4) is 11.4 Å². The Morgan fingerprint density at radius 3 is 2.21 bits per heavy atom. The van der Waals surface area contributed by atoms with Gasteiger partial charge >= 0.3 is 12.1 Å². The molecule has 122 valence electrons. The highest BCUT2D eigenvalue weighted by Gasteiger charge is 2.30. The summed E-state index contributed by atoms with van der Waals surface area (Å²) < 4.78 is 42.9. The molecule has 1 heterocycles. The molecule has 0 saturated heterocycles. The third-order valence-corrected chi connectivity index (χ3v) is 3.15. The summed E-state index contributed by atoms with van der Waals surface area (Å²) in [6, 6.07) is 10.4. The number of hydrogen-bond acceptors (Lipinski definition) is 4. The molecule has 0 saturated carbocycles. The molecule has 0 amide bonds. The summed E-state index contributed by atoms with van der Waals surface area (Å²) in [4.78, 5) is 13.4. The van der Waals surface area contributed by atoms with Gasteiger partial charge in [0.2, 0.25) is 0 Å². The van der Waals surface area contributed by atoms with Gasteiger partial charge in [-0.3, -0.25) is 0 Å². The molecule has 8 heteroatoms. The number of halogens is 3. The van der Waals surface area contributed by atoms with E-state index in [0.717, 1.165) is 24.3 Å². The largest absolute Gasteiger partial charge is 0.421 e. The van der Waals surface area contributed by atoms with E-state index in [-0.39, 0.29) is 11.3 Å². The molecule has 24 heavy (non-hydrogen) atoms. The summed E-state index contributed by atoms with van der Waals surface area (Å²) in [6.45, 7) is 0. The third-order valence-electron chi connectivity index (χ3n) is 3.15. The summed E-state index contributed by atoms with van der Waals surface area (Å²) in [5, 5.41) is 7.91. The third kappa shape index (κ3) is 3.27. The lowest BCUT2D eigenvalue weighted by atomic mass is 10.1. The van der Waals surface area contributed by atoms with E-state index in [1.54, 1.807) is 24.3 Å². The van der Waals surface area contributed by atoms with Crippen LogP contribution < -0.4 is 4.74 Å². The number of ether oxygens (including phenoxy) is 1. The van der Waals surface area contributed by atoms with Crippen LogP contribution in [0.1, 0.15) is 15.9 Å². The van der Waals surface area contributed by atoms with Gasteiger partial charge in [0.05, 0.1) is 23.5 Å². The average Bonchev–Trinajstić information content (AvgIpc) is 3.09. The molecule has 0 aliphatic heterocycles. The zero-order valence-corrected chi connectivity index (χ0v) is 12.1. The van der Waals surface area contributed by atoms with Crippen molar-refractivity contribution < 1.29 is 22.7 Å². The molecular weight excluding hydrogens is 323 g/mol. The molecular formula is C16H10F3N3O2. The molecule has 0 radical (unpaired) electrons. The highest BCUT2D eigenvalue weighted by molar-refractivity contribution is 5.91. The second kappa shape index (κ2) is 6.15. The zero-order chi connectivity index (χ0) is 17.2. The molecule has 1 aromatic heterocycles. The minimum atomic E-state index is -4.46. The number of esters is 1. The Morgan fingerprint density at radius 2 is 1.58 bits per heavy atom. The van der Waals surface area contributed by atoms with Crippen LogP contribution in [-0.2, 0) is 6.18 Å². The molecule has 0 N–H and O–H groups in total. The lowest BCUT2D eigenvalue weighted by Gasteiger charge is -2.10. The molecule has 0 spiro atoms. The SMILES string of the molecule is O=C(Oc1ccccc1-n1nccn1)c1ccc(C(F)(F)F)cc1. The fraction of sp³-hybridized carbons (Fsp3) is 0.0625. The number of nitrogens with zero attached hydrogens (tertiary/aromatic N) is 3. The van der Waals surface area contributed by atoms with Crippen LogP contribution >= 0.6 is 0 Å². The van der Waals surface area contributed by atoms with Crippen molar-refractivity contribution in [2.24, 2.45) is 0 Å². The summed E-state index contributed by atoms with van der Waals surface area (Å²) in [6.07, 6.45) is -1.52. The number of carbonyl (C=O) groups is 1. The van der Waals surface area contributed by atoms with Gasteiger partial charge < -0.3 is 4.74 Å². The molecule has 5 nitrogen and oxygen atoms in total. The van der Waals surface area contributed by atoms with Crippen molar-refractivity contribution in [1.82, 2.24) is 15.0 Å². The van der Waals surface area contributed by atoms with Crippen LogP contribution in [-0.4, -0.2) is 21.0 Å². The normalized spacial score (nSPS) is 11.3. The van der Waals surface area contributed by atoms with E-state index in [2.05, 4.69) is 10.2 Å². The first-order chi connectivity index (χ1) is 11.4. The Kier molecular flexibility index (Phi) is 4.03. The number of aromatic nitrogens is 3. The van der Waals surface area contributed by atoms with Gasteiger partial charge in [-0.1, -0.05) is 12.1 Å². The maximum atomic E-state index is 12.5. The minimum absolute atomic E-state index is 0.00577. The smallest absolute Gasteiger partial charge is 0.416 e. The van der Waals surface area contributed by atoms with E-state index >= 15 is 0 Å². The Bertz CT molecular complexity index is 844. The molecule has 0 bridgehead atoms. The summed E-state index contributed by atoms with van der Waals surface area (Å²) in [5.74, 6) is -0.582. The predicted octanol–water partition coefficient (Wildman–Crippen LogP) is 3.51. The lowest BCUT2D eigenvalue weighted by Crippen LogP contribution is -2.12. The average molecular weight is 333 g/mol. The van der Waals surface area contributed by atoms with E-state index in [1.807, 2.05) is 0 Å². The van der Waals surface area contributed by atoms with Gasteiger partial charge in [-0.05, 0) is 36.4 Å². The van der Waals surface area contributed by atoms with Gasteiger partial charge in [0.25, 0.3) is 0 Å². The van der Waals surface area contributed by atoms with Gasteiger partial charge in [-0.2, -0.15) is 23.4 Å². The fourth-order valence-electron chi connectivity index (χ4n) is 2.00. The van der Waals surface area contributed by atoms with Gasteiger partial charge in [-0.15, -0.1) is 4.80 Å². The highest BCUT2D eigenvalue weighted by atomic mass is 19.4. The quantitative estimate of drug-likeness (QED) is 0.544. The van der Waals surface area contributed by atoms with Gasteiger partial charge in [0.1, 0.15) is 5.69 Å². The Hall–Kier alpha value is -3.16. The maximum absolute atomic E-state index is 12.5. The van der Waals surface area contributed by atoms with Crippen LogP contribution in [0.2, 0.25) is 0 Å². The van der Waals surface area contributed by atoms with Crippen LogP contribution in [0.25, 0.3) is 5.69 Å². The van der Waals surface area contributed by atoms with Crippen LogP contribution in [0, 0.1) is 0 Å². The number of benzene rings is 2. The van der Waals surface area contributed by atoms with Crippen molar-refractivity contribution >= 4 is 5.97 Å². The van der Waals surface area contributed by atoms with E-state index in [4.69, 9.17) is 4.74 Å². The second-order valence-corrected chi connectivity index (χ2v) is 4.75. The minimum Gasteiger partial charge on any atom is -0.421 e. The first-order valence-corrected chi connectivity index (χ1v) is 6.80. The number of carbonyl (C=O) groups excluding carboxylic acids is 1. The van der Waals surface area contributed by atoms with Crippen LogP contribution in [0.5, 0.6) is 5.75 Å².